The monoisotopic (exact) mass is 497 g/mol. The van der Waals surface area contributed by atoms with Gasteiger partial charge in [0.2, 0.25) is 10.0 Å². The Kier molecular flexibility index (Phi) is 7.35. The van der Waals surface area contributed by atoms with Gasteiger partial charge in [-0.3, -0.25) is 0 Å². The fraction of sp³-hybridized carbons (Fsp3) is 0.417. The lowest BCUT2D eigenvalue weighted by Crippen LogP contribution is -2.48. The number of methoxy groups -OCH3 is 1. The molecule has 0 aliphatic carbocycles. The van der Waals surface area contributed by atoms with Gasteiger partial charge in [-0.2, -0.15) is 17.9 Å². The third-order valence-electron chi connectivity index (χ3n) is 5.60. The Labute approximate surface area is 198 Å². The van der Waals surface area contributed by atoms with Gasteiger partial charge in [0.15, 0.2) is 0 Å². The Hall–Kier alpha value is -2.56. The Morgan fingerprint density at radius 3 is 2.24 bits per heavy atom. The largest absolute Gasteiger partial charge is 0.497 e. The van der Waals surface area contributed by atoms with Crippen molar-refractivity contribution in [2.75, 3.05) is 21.2 Å². The van der Waals surface area contributed by atoms with E-state index in [9.17, 15) is 21.6 Å². The van der Waals surface area contributed by atoms with Gasteiger partial charge in [0.1, 0.15) is 11.8 Å². The first-order valence-electron chi connectivity index (χ1n) is 10.7. The maximum atomic E-state index is 14.1. The summed E-state index contributed by atoms with van der Waals surface area (Å²) in [6, 6.07) is 6.16. The normalized spacial score (nSPS) is 13.6. The van der Waals surface area contributed by atoms with E-state index in [0.717, 1.165) is 16.5 Å². The van der Waals surface area contributed by atoms with E-state index in [-0.39, 0.29) is 4.90 Å². The standard InChI is InChI=1S/C24H30F3N3O3S/c1-15-9-16(2)23(17(3)10-15)34(31,32)28-22(24(25,26)27)14-30-13-18(12-29(4)5)20-8-7-19(33-6)11-21(20)30/h7-11,13,22,28H,12,14H2,1-6H3. The van der Waals surface area contributed by atoms with Crippen LogP contribution in [0.1, 0.15) is 22.3 Å². The number of fused-ring (bicyclic) bond motifs is 1. The summed E-state index contributed by atoms with van der Waals surface area (Å²) in [5, 5.41) is 0.781. The lowest BCUT2D eigenvalue weighted by molar-refractivity contribution is -0.154. The molecule has 1 aromatic heterocycles. The number of hydrogen-bond donors (Lipinski definition) is 1. The summed E-state index contributed by atoms with van der Waals surface area (Å²) >= 11 is 0. The second-order valence-corrected chi connectivity index (χ2v) is 10.5. The zero-order valence-corrected chi connectivity index (χ0v) is 20.9. The van der Waals surface area contributed by atoms with Crippen LogP contribution in [0.15, 0.2) is 41.4 Å². The lowest BCUT2D eigenvalue weighted by atomic mass is 10.1. The van der Waals surface area contributed by atoms with Crippen molar-refractivity contribution in [3.8, 4) is 5.75 Å². The molecule has 3 rings (SSSR count). The zero-order chi connectivity index (χ0) is 25.4. The number of aryl methyl sites for hydroxylation is 3. The van der Waals surface area contributed by atoms with Crippen molar-refractivity contribution in [3.63, 3.8) is 0 Å². The summed E-state index contributed by atoms with van der Waals surface area (Å²) in [5.41, 5.74) is 3.00. The van der Waals surface area contributed by atoms with Crippen LogP contribution in [0.25, 0.3) is 10.9 Å². The molecule has 0 spiro atoms. The maximum Gasteiger partial charge on any atom is 0.406 e. The number of alkyl halides is 3. The average Bonchev–Trinajstić information content (AvgIpc) is 3.01. The highest BCUT2D eigenvalue weighted by Gasteiger charge is 2.43. The summed E-state index contributed by atoms with van der Waals surface area (Å²) in [7, 11) is 0.778. The van der Waals surface area contributed by atoms with Crippen molar-refractivity contribution in [2.24, 2.45) is 0 Å². The number of halogens is 3. The molecule has 2 aromatic carbocycles. The fourth-order valence-electron chi connectivity index (χ4n) is 4.33. The van der Waals surface area contributed by atoms with E-state index >= 15 is 0 Å². The second-order valence-electron chi connectivity index (χ2n) is 8.87. The van der Waals surface area contributed by atoms with Crippen LogP contribution >= 0.6 is 0 Å². The third-order valence-corrected chi connectivity index (χ3v) is 7.38. The summed E-state index contributed by atoms with van der Waals surface area (Å²) < 4.78 is 77.1. The number of benzene rings is 2. The Bertz CT molecular complexity index is 1280. The maximum absolute atomic E-state index is 14.1. The van der Waals surface area contributed by atoms with Gasteiger partial charge in [0.05, 0.1) is 17.5 Å². The highest BCUT2D eigenvalue weighted by molar-refractivity contribution is 7.89. The molecule has 0 saturated carbocycles. The Balaban J connectivity index is 2.06. The van der Waals surface area contributed by atoms with E-state index in [4.69, 9.17) is 4.74 Å². The number of ether oxygens (including phenoxy) is 1. The second kappa shape index (κ2) is 9.59. The predicted octanol–water partition coefficient (Wildman–Crippen LogP) is 4.55. The van der Waals surface area contributed by atoms with Gasteiger partial charge in [-0.05, 0) is 63.7 Å². The van der Waals surface area contributed by atoms with E-state index in [1.165, 1.54) is 11.7 Å². The van der Waals surface area contributed by atoms with Crippen LogP contribution < -0.4 is 9.46 Å². The minimum absolute atomic E-state index is 0.125. The van der Waals surface area contributed by atoms with E-state index in [1.54, 1.807) is 57.3 Å². The van der Waals surface area contributed by atoms with Crippen molar-refractivity contribution in [3.05, 3.63) is 58.8 Å². The van der Waals surface area contributed by atoms with E-state index in [2.05, 4.69) is 0 Å². The van der Waals surface area contributed by atoms with Crippen LogP contribution in [-0.2, 0) is 23.1 Å². The molecule has 34 heavy (non-hydrogen) atoms. The van der Waals surface area contributed by atoms with Crippen molar-refractivity contribution in [1.29, 1.82) is 0 Å². The van der Waals surface area contributed by atoms with Crippen molar-refractivity contribution >= 4 is 20.9 Å². The van der Waals surface area contributed by atoms with Crippen molar-refractivity contribution in [1.82, 2.24) is 14.2 Å². The quantitative estimate of drug-likeness (QED) is 0.496. The molecule has 1 unspecified atom stereocenters. The molecule has 6 nitrogen and oxygen atoms in total. The Morgan fingerprint density at radius 1 is 1.09 bits per heavy atom. The van der Waals surface area contributed by atoms with Crippen LogP contribution in [0, 0.1) is 20.8 Å². The van der Waals surface area contributed by atoms with Gasteiger partial charge in [-0.1, -0.05) is 17.7 Å². The van der Waals surface area contributed by atoms with Gasteiger partial charge < -0.3 is 14.2 Å². The van der Waals surface area contributed by atoms with Crippen molar-refractivity contribution < 1.29 is 26.3 Å². The minimum atomic E-state index is -4.81. The summed E-state index contributed by atoms with van der Waals surface area (Å²) in [6.45, 7) is 4.86. The molecule has 0 fully saturated rings. The molecule has 0 aliphatic heterocycles. The molecule has 0 saturated heterocycles. The summed E-state index contributed by atoms with van der Waals surface area (Å²) in [6.07, 6.45) is -3.17. The van der Waals surface area contributed by atoms with Crippen molar-refractivity contribution in [2.45, 2.75) is 51.0 Å². The van der Waals surface area contributed by atoms with E-state index in [1.807, 2.05) is 23.7 Å². The van der Waals surface area contributed by atoms with Crippen LogP contribution in [0.3, 0.4) is 0 Å². The van der Waals surface area contributed by atoms with E-state index < -0.39 is 28.8 Å². The van der Waals surface area contributed by atoms with E-state index in [0.29, 0.717) is 28.9 Å². The van der Waals surface area contributed by atoms with Gasteiger partial charge in [0.25, 0.3) is 0 Å². The van der Waals surface area contributed by atoms with Gasteiger partial charge in [-0.15, -0.1) is 0 Å². The number of aromatic nitrogens is 1. The average molecular weight is 498 g/mol. The highest BCUT2D eigenvalue weighted by Crippen LogP contribution is 2.30. The third kappa shape index (κ3) is 5.56. The molecule has 0 radical (unpaired) electrons. The molecular weight excluding hydrogens is 467 g/mol. The summed E-state index contributed by atoms with van der Waals surface area (Å²) in [4.78, 5) is 1.79. The number of rotatable bonds is 8. The number of sulfonamides is 1. The van der Waals surface area contributed by atoms with Gasteiger partial charge in [0, 0.05) is 30.7 Å². The predicted molar refractivity (Wildman–Crippen MR) is 127 cm³/mol. The zero-order valence-electron chi connectivity index (χ0n) is 20.1. The summed E-state index contributed by atoms with van der Waals surface area (Å²) in [5.74, 6) is 0.498. The topological polar surface area (TPSA) is 63.6 Å². The highest BCUT2D eigenvalue weighted by atomic mass is 32.2. The van der Waals surface area contributed by atoms with Crippen LogP contribution in [0.4, 0.5) is 13.2 Å². The number of nitrogens with zero attached hydrogens (tertiary/aromatic N) is 2. The van der Waals surface area contributed by atoms with Crippen LogP contribution in [-0.4, -0.2) is 51.3 Å². The SMILES string of the molecule is COc1ccc2c(CN(C)C)cn(CC(NS(=O)(=O)c3c(C)cc(C)cc3C)C(F)(F)F)c2c1. The molecule has 0 bridgehead atoms. The van der Waals surface area contributed by atoms with Crippen LogP contribution in [0.2, 0.25) is 0 Å². The molecule has 3 aromatic rings. The van der Waals surface area contributed by atoms with Crippen LogP contribution in [0.5, 0.6) is 5.75 Å². The first kappa shape index (κ1) is 26.1. The minimum Gasteiger partial charge on any atom is -0.497 e. The molecule has 186 valence electrons. The van der Waals surface area contributed by atoms with Gasteiger partial charge in [-0.25, -0.2) is 8.42 Å². The molecule has 0 amide bonds. The fourth-order valence-corrected chi connectivity index (χ4v) is 6.00. The molecule has 1 atom stereocenters. The molecule has 1 heterocycles. The molecular formula is C24H30F3N3O3S. The smallest absolute Gasteiger partial charge is 0.406 e. The lowest BCUT2D eigenvalue weighted by Gasteiger charge is -2.24. The number of nitrogens with one attached hydrogen (secondary N) is 1. The molecule has 1 N–H and O–H groups in total. The molecule has 10 heteroatoms. The molecule has 0 aliphatic rings. The van der Waals surface area contributed by atoms with Gasteiger partial charge >= 0.3 is 6.18 Å². The first-order valence-corrected chi connectivity index (χ1v) is 12.2. The first-order chi connectivity index (χ1) is 15.7. The number of hydrogen-bond acceptors (Lipinski definition) is 4. The Morgan fingerprint density at radius 2 is 1.71 bits per heavy atom.